The number of aryl methyl sites for hydroxylation is 1. The summed E-state index contributed by atoms with van der Waals surface area (Å²) in [6.45, 7) is 5.72. The third-order valence-corrected chi connectivity index (χ3v) is 7.40. The number of hydrogen-bond donors (Lipinski definition) is 1. The van der Waals surface area contributed by atoms with Crippen molar-refractivity contribution in [3.8, 4) is 5.75 Å². The van der Waals surface area contributed by atoms with Crippen LogP contribution in [-0.2, 0) is 27.8 Å². The van der Waals surface area contributed by atoms with Gasteiger partial charge in [-0.15, -0.1) is 0 Å². The molecule has 1 heterocycles. The number of aromatic nitrogens is 1. The van der Waals surface area contributed by atoms with Gasteiger partial charge in [-0.1, -0.05) is 41.9 Å². The topological polar surface area (TPSA) is 88.7 Å². The third kappa shape index (κ3) is 5.40. The van der Waals surface area contributed by atoms with Crippen molar-refractivity contribution in [2.24, 2.45) is 0 Å². The smallest absolute Gasteiger partial charge is 0.355 e. The maximum atomic E-state index is 13.8. The van der Waals surface area contributed by atoms with E-state index in [9.17, 15) is 13.2 Å². The number of carbonyl (C=O) groups excluding carboxylic acids is 1. The summed E-state index contributed by atoms with van der Waals surface area (Å²) in [4.78, 5) is 15.4. The summed E-state index contributed by atoms with van der Waals surface area (Å²) in [5, 5.41) is 0.285. The lowest BCUT2D eigenvalue weighted by atomic mass is 10.1. The summed E-state index contributed by atoms with van der Waals surface area (Å²) >= 11 is 6.13. The van der Waals surface area contributed by atoms with Gasteiger partial charge in [0.15, 0.2) is 0 Å². The molecule has 7 nitrogen and oxygen atoms in total. The van der Waals surface area contributed by atoms with E-state index >= 15 is 0 Å². The van der Waals surface area contributed by atoms with Crippen molar-refractivity contribution in [2.45, 2.75) is 38.8 Å². The zero-order chi connectivity index (χ0) is 24.2. The highest BCUT2D eigenvalue weighted by molar-refractivity contribution is 7.89. The van der Waals surface area contributed by atoms with Crippen LogP contribution in [0.1, 0.15) is 39.8 Å². The summed E-state index contributed by atoms with van der Waals surface area (Å²) in [6.07, 6.45) is 0. The molecule has 33 heavy (non-hydrogen) atoms. The van der Waals surface area contributed by atoms with Gasteiger partial charge in [0.1, 0.15) is 16.3 Å². The zero-order valence-corrected chi connectivity index (χ0v) is 20.6. The van der Waals surface area contributed by atoms with Gasteiger partial charge in [-0.3, -0.25) is 0 Å². The number of halogens is 1. The van der Waals surface area contributed by atoms with Gasteiger partial charge in [0.25, 0.3) is 0 Å². The van der Waals surface area contributed by atoms with Gasteiger partial charge in [-0.05, 0) is 55.7 Å². The normalized spacial score (nSPS) is 11.6. The number of aromatic amines is 1. The van der Waals surface area contributed by atoms with Gasteiger partial charge in [0.2, 0.25) is 10.0 Å². The number of esters is 1. The Morgan fingerprint density at radius 2 is 1.79 bits per heavy atom. The fraction of sp³-hybridized carbons (Fsp3) is 0.292. The summed E-state index contributed by atoms with van der Waals surface area (Å²) in [6, 6.07) is 13.8. The van der Waals surface area contributed by atoms with Crippen LogP contribution in [0, 0.1) is 13.8 Å². The Labute approximate surface area is 199 Å². The maximum Gasteiger partial charge on any atom is 0.355 e. The first-order valence-electron chi connectivity index (χ1n) is 10.4. The van der Waals surface area contributed by atoms with Gasteiger partial charge < -0.3 is 14.5 Å². The molecule has 1 N–H and O–H groups in total. The summed E-state index contributed by atoms with van der Waals surface area (Å²) in [5.41, 5.74) is 3.19. The fourth-order valence-corrected chi connectivity index (χ4v) is 5.43. The second-order valence-electron chi connectivity index (χ2n) is 7.50. The van der Waals surface area contributed by atoms with Gasteiger partial charge >= 0.3 is 5.97 Å². The standard InChI is InChI=1S/C24H27ClN2O5S/c1-5-32-24(28)23-16(2)20(17(3)26-23)15-27(14-18-9-7-6-8-10-18)33(29,30)22-13-19(25)11-12-21(22)31-4/h6-13,26H,5,14-15H2,1-4H3. The second kappa shape index (κ2) is 10.4. The van der Waals surface area contributed by atoms with Crippen molar-refractivity contribution in [1.29, 1.82) is 0 Å². The van der Waals surface area contributed by atoms with E-state index in [1.807, 2.05) is 30.3 Å². The minimum atomic E-state index is -4.02. The minimum absolute atomic E-state index is 0.0233. The van der Waals surface area contributed by atoms with Crippen LogP contribution >= 0.6 is 11.6 Å². The maximum absolute atomic E-state index is 13.8. The molecule has 0 radical (unpaired) electrons. The van der Waals surface area contributed by atoms with E-state index in [0.717, 1.165) is 5.56 Å². The Morgan fingerprint density at radius 3 is 2.42 bits per heavy atom. The number of rotatable bonds is 9. The van der Waals surface area contributed by atoms with Crippen molar-refractivity contribution in [3.63, 3.8) is 0 Å². The molecule has 0 aliphatic heterocycles. The number of carbonyl (C=O) groups is 1. The van der Waals surface area contributed by atoms with Crippen molar-refractivity contribution in [2.75, 3.05) is 13.7 Å². The number of ether oxygens (including phenoxy) is 2. The average molecular weight is 491 g/mol. The third-order valence-electron chi connectivity index (χ3n) is 5.35. The van der Waals surface area contributed by atoms with Crippen molar-refractivity contribution in [1.82, 2.24) is 9.29 Å². The first kappa shape index (κ1) is 24.8. The molecule has 0 spiro atoms. The lowest BCUT2D eigenvalue weighted by molar-refractivity contribution is 0.0519. The van der Waals surface area contributed by atoms with Gasteiger partial charge in [0.05, 0.1) is 13.7 Å². The Balaban J connectivity index is 2.09. The largest absolute Gasteiger partial charge is 0.495 e. The molecule has 0 bridgehead atoms. The molecule has 0 saturated heterocycles. The highest BCUT2D eigenvalue weighted by atomic mass is 35.5. The van der Waals surface area contributed by atoms with Crippen LogP contribution in [0.5, 0.6) is 5.75 Å². The molecule has 9 heteroatoms. The Hall–Kier alpha value is -2.81. The molecule has 0 atom stereocenters. The summed E-state index contributed by atoms with van der Waals surface area (Å²) < 4.78 is 39.4. The molecule has 2 aromatic carbocycles. The molecule has 0 amide bonds. The zero-order valence-electron chi connectivity index (χ0n) is 19.0. The number of nitrogens with zero attached hydrogens (tertiary/aromatic N) is 1. The van der Waals surface area contributed by atoms with E-state index in [4.69, 9.17) is 21.1 Å². The molecule has 3 rings (SSSR count). The number of benzene rings is 2. The Kier molecular flexibility index (Phi) is 7.84. The molecular formula is C24H27ClN2O5S. The van der Waals surface area contributed by atoms with Crippen LogP contribution in [0.15, 0.2) is 53.4 Å². The van der Waals surface area contributed by atoms with Gasteiger partial charge in [0, 0.05) is 23.8 Å². The molecular weight excluding hydrogens is 464 g/mol. The molecule has 1 aromatic heterocycles. The predicted octanol–water partition coefficient (Wildman–Crippen LogP) is 4.86. The SMILES string of the molecule is CCOC(=O)c1[nH]c(C)c(CN(Cc2ccccc2)S(=O)(=O)c2cc(Cl)ccc2OC)c1C. The highest BCUT2D eigenvalue weighted by Gasteiger charge is 2.30. The second-order valence-corrected chi connectivity index (χ2v) is 9.85. The van der Waals surface area contributed by atoms with Crippen molar-refractivity contribution in [3.05, 3.63) is 81.6 Å². The van der Waals surface area contributed by atoms with E-state index < -0.39 is 16.0 Å². The number of nitrogens with one attached hydrogen (secondary N) is 1. The van der Waals surface area contributed by atoms with E-state index in [1.165, 1.54) is 23.5 Å². The molecule has 0 fully saturated rings. The average Bonchev–Trinajstić information content (AvgIpc) is 3.07. The molecule has 0 aliphatic carbocycles. The summed E-state index contributed by atoms with van der Waals surface area (Å²) in [5.74, 6) is -0.273. The van der Waals surface area contributed by atoms with Crippen molar-refractivity contribution >= 4 is 27.6 Å². The van der Waals surface area contributed by atoms with E-state index in [2.05, 4.69) is 4.98 Å². The minimum Gasteiger partial charge on any atom is -0.495 e. The molecule has 0 saturated carbocycles. The van der Waals surface area contributed by atoms with Gasteiger partial charge in [-0.2, -0.15) is 4.31 Å². The van der Waals surface area contributed by atoms with Crippen LogP contribution < -0.4 is 4.74 Å². The molecule has 3 aromatic rings. The van der Waals surface area contributed by atoms with Crippen LogP contribution in [0.25, 0.3) is 0 Å². The van der Waals surface area contributed by atoms with Gasteiger partial charge in [-0.25, -0.2) is 13.2 Å². The predicted molar refractivity (Wildman–Crippen MR) is 127 cm³/mol. The number of methoxy groups -OCH3 is 1. The fourth-order valence-electron chi connectivity index (χ4n) is 3.61. The van der Waals surface area contributed by atoms with E-state index in [-0.39, 0.29) is 35.4 Å². The van der Waals surface area contributed by atoms with Crippen LogP contribution in [0.4, 0.5) is 0 Å². The van der Waals surface area contributed by atoms with E-state index in [0.29, 0.717) is 22.5 Å². The number of hydrogen-bond acceptors (Lipinski definition) is 5. The molecule has 0 unspecified atom stereocenters. The lowest BCUT2D eigenvalue weighted by Crippen LogP contribution is -2.31. The van der Waals surface area contributed by atoms with Crippen LogP contribution in [-0.4, -0.2) is 37.4 Å². The quantitative estimate of drug-likeness (QED) is 0.432. The first-order valence-corrected chi connectivity index (χ1v) is 12.2. The lowest BCUT2D eigenvalue weighted by Gasteiger charge is -2.24. The van der Waals surface area contributed by atoms with Crippen molar-refractivity contribution < 1.29 is 22.7 Å². The monoisotopic (exact) mass is 490 g/mol. The first-order chi connectivity index (χ1) is 15.7. The number of sulfonamides is 1. The molecule has 176 valence electrons. The Bertz CT molecular complexity index is 1240. The summed E-state index contributed by atoms with van der Waals surface area (Å²) in [7, 11) is -2.61. The Morgan fingerprint density at radius 1 is 1.09 bits per heavy atom. The number of H-pyrrole nitrogens is 1. The highest BCUT2D eigenvalue weighted by Crippen LogP contribution is 2.32. The van der Waals surface area contributed by atoms with E-state index in [1.54, 1.807) is 26.8 Å². The molecule has 0 aliphatic rings. The van der Waals surface area contributed by atoms with Crippen LogP contribution in [0.3, 0.4) is 0 Å². The van der Waals surface area contributed by atoms with Crippen LogP contribution in [0.2, 0.25) is 5.02 Å².